The number of carboxylic acids is 1. The molecule has 0 amide bonds. The summed E-state index contributed by atoms with van der Waals surface area (Å²) in [7, 11) is 0. The van der Waals surface area contributed by atoms with Gasteiger partial charge < -0.3 is 15.2 Å². The van der Waals surface area contributed by atoms with Crippen molar-refractivity contribution < 1.29 is 14.6 Å². The molecule has 0 unspecified atom stereocenters. The highest BCUT2D eigenvalue weighted by Crippen LogP contribution is 2.22. The first kappa shape index (κ1) is 17.4. The number of anilines is 1. The summed E-state index contributed by atoms with van der Waals surface area (Å²) >= 11 is 0. The summed E-state index contributed by atoms with van der Waals surface area (Å²) in [6, 6.07) is 19.4. The summed E-state index contributed by atoms with van der Waals surface area (Å²) in [5.74, 6) is -0.459. The first-order chi connectivity index (χ1) is 12.6. The van der Waals surface area contributed by atoms with Gasteiger partial charge in [0.2, 0.25) is 11.8 Å². The lowest BCUT2D eigenvalue weighted by atomic mass is 10.1. The van der Waals surface area contributed by atoms with Crippen molar-refractivity contribution in [1.29, 1.82) is 0 Å². The zero-order chi connectivity index (χ0) is 18.4. The van der Waals surface area contributed by atoms with Crippen LogP contribution in [0.15, 0.2) is 60.7 Å². The van der Waals surface area contributed by atoms with E-state index in [2.05, 4.69) is 15.3 Å². The molecule has 1 heterocycles. The number of hydrogen-bond donors (Lipinski definition) is 2. The number of nitrogens with zero attached hydrogens (tertiary/aromatic N) is 2. The van der Waals surface area contributed by atoms with E-state index in [0.717, 1.165) is 11.1 Å². The lowest BCUT2D eigenvalue weighted by Gasteiger charge is -2.10. The lowest BCUT2D eigenvalue weighted by molar-refractivity contribution is -0.139. The van der Waals surface area contributed by atoms with Crippen molar-refractivity contribution in [2.45, 2.75) is 13.5 Å². The minimum absolute atomic E-state index is 0.215. The fourth-order valence-electron chi connectivity index (χ4n) is 2.36. The van der Waals surface area contributed by atoms with Gasteiger partial charge in [0.15, 0.2) is 6.61 Å². The Kier molecular flexibility index (Phi) is 5.43. The third-order valence-electron chi connectivity index (χ3n) is 3.69. The molecule has 0 bridgehead atoms. The number of aryl methyl sites for hydroxylation is 1. The molecule has 0 aliphatic carbocycles. The largest absolute Gasteiger partial charge is 0.479 e. The SMILES string of the molecule is Cc1ccc(CNc2nc(OCC(=O)O)cc(-c3ccccc3)n2)cc1. The average Bonchev–Trinajstić information content (AvgIpc) is 2.66. The van der Waals surface area contributed by atoms with Crippen LogP contribution in [0.4, 0.5) is 5.95 Å². The molecule has 6 nitrogen and oxygen atoms in total. The first-order valence-electron chi connectivity index (χ1n) is 8.19. The van der Waals surface area contributed by atoms with Crippen molar-refractivity contribution in [3.05, 3.63) is 71.8 Å². The quantitative estimate of drug-likeness (QED) is 0.679. The van der Waals surface area contributed by atoms with E-state index in [9.17, 15) is 4.79 Å². The standard InChI is InChI=1S/C20H19N3O3/c1-14-7-9-15(10-8-14)12-21-20-22-17(16-5-3-2-4-6-16)11-18(23-20)26-13-19(24)25/h2-11H,12-13H2,1H3,(H,24,25)(H,21,22,23). The van der Waals surface area contributed by atoms with E-state index in [1.807, 2.05) is 61.5 Å². The van der Waals surface area contributed by atoms with Crippen molar-refractivity contribution in [2.75, 3.05) is 11.9 Å². The maximum absolute atomic E-state index is 10.8. The van der Waals surface area contributed by atoms with Crippen molar-refractivity contribution in [3.8, 4) is 17.1 Å². The minimum Gasteiger partial charge on any atom is -0.479 e. The molecule has 3 aromatic rings. The van der Waals surface area contributed by atoms with Gasteiger partial charge in [-0.3, -0.25) is 0 Å². The maximum atomic E-state index is 10.8. The van der Waals surface area contributed by atoms with Gasteiger partial charge in [0.05, 0.1) is 5.69 Å². The van der Waals surface area contributed by atoms with Crippen molar-refractivity contribution in [3.63, 3.8) is 0 Å². The minimum atomic E-state index is -1.06. The Hall–Kier alpha value is -3.41. The predicted octanol–water partition coefficient (Wildman–Crippen LogP) is 3.53. The second kappa shape index (κ2) is 8.11. The van der Waals surface area contributed by atoms with Crippen LogP contribution in [0.1, 0.15) is 11.1 Å². The zero-order valence-electron chi connectivity index (χ0n) is 14.3. The Balaban J connectivity index is 1.83. The van der Waals surface area contributed by atoms with E-state index >= 15 is 0 Å². The highest BCUT2D eigenvalue weighted by molar-refractivity contribution is 5.68. The molecule has 0 radical (unpaired) electrons. The van der Waals surface area contributed by atoms with Gasteiger partial charge in [0.25, 0.3) is 0 Å². The van der Waals surface area contributed by atoms with Crippen LogP contribution in [0.2, 0.25) is 0 Å². The second-order valence-corrected chi connectivity index (χ2v) is 5.80. The normalized spacial score (nSPS) is 10.3. The van der Waals surface area contributed by atoms with E-state index in [4.69, 9.17) is 9.84 Å². The van der Waals surface area contributed by atoms with Crippen LogP contribution in [0.5, 0.6) is 5.88 Å². The van der Waals surface area contributed by atoms with Crippen LogP contribution in [0.3, 0.4) is 0 Å². The molecular formula is C20H19N3O3. The summed E-state index contributed by atoms with van der Waals surface area (Å²) in [6.07, 6.45) is 0. The summed E-state index contributed by atoms with van der Waals surface area (Å²) in [4.78, 5) is 19.5. The van der Waals surface area contributed by atoms with Gasteiger partial charge in [-0.15, -0.1) is 0 Å². The Bertz CT molecular complexity index is 881. The van der Waals surface area contributed by atoms with Crippen molar-refractivity contribution >= 4 is 11.9 Å². The molecule has 132 valence electrons. The Morgan fingerprint density at radius 3 is 2.50 bits per heavy atom. The van der Waals surface area contributed by atoms with Crippen LogP contribution < -0.4 is 10.1 Å². The van der Waals surface area contributed by atoms with E-state index in [1.165, 1.54) is 5.56 Å². The molecule has 6 heteroatoms. The molecule has 0 aliphatic heterocycles. The number of rotatable bonds is 7. The number of carboxylic acid groups (broad SMARTS) is 1. The summed E-state index contributed by atoms with van der Waals surface area (Å²) < 4.78 is 5.25. The Morgan fingerprint density at radius 2 is 1.81 bits per heavy atom. The van der Waals surface area contributed by atoms with E-state index in [1.54, 1.807) is 6.07 Å². The predicted molar refractivity (Wildman–Crippen MR) is 99.1 cm³/mol. The van der Waals surface area contributed by atoms with Gasteiger partial charge in [-0.05, 0) is 12.5 Å². The van der Waals surface area contributed by atoms with E-state index in [0.29, 0.717) is 18.2 Å². The van der Waals surface area contributed by atoms with Crippen LogP contribution in [-0.4, -0.2) is 27.7 Å². The van der Waals surface area contributed by atoms with Crippen LogP contribution in [0, 0.1) is 6.92 Å². The maximum Gasteiger partial charge on any atom is 0.341 e. The molecule has 0 spiro atoms. The monoisotopic (exact) mass is 349 g/mol. The summed E-state index contributed by atoms with van der Waals surface area (Å²) in [6.45, 7) is 2.13. The molecule has 3 rings (SSSR count). The molecule has 0 saturated heterocycles. The number of nitrogens with one attached hydrogen (secondary N) is 1. The van der Waals surface area contributed by atoms with Gasteiger partial charge in [0.1, 0.15) is 0 Å². The summed E-state index contributed by atoms with van der Waals surface area (Å²) in [5, 5.41) is 12.0. The van der Waals surface area contributed by atoms with E-state index < -0.39 is 12.6 Å². The topological polar surface area (TPSA) is 84.3 Å². The highest BCUT2D eigenvalue weighted by Gasteiger charge is 2.09. The number of benzene rings is 2. The van der Waals surface area contributed by atoms with Crippen LogP contribution >= 0.6 is 0 Å². The first-order valence-corrected chi connectivity index (χ1v) is 8.19. The smallest absolute Gasteiger partial charge is 0.341 e. The van der Waals surface area contributed by atoms with Gasteiger partial charge in [-0.1, -0.05) is 60.2 Å². The molecule has 1 aromatic heterocycles. The number of hydrogen-bond acceptors (Lipinski definition) is 5. The Labute approximate surface area is 151 Å². The summed E-state index contributed by atoms with van der Waals surface area (Å²) in [5.41, 5.74) is 3.85. The van der Waals surface area contributed by atoms with Gasteiger partial charge in [-0.2, -0.15) is 4.98 Å². The fraction of sp³-hybridized carbons (Fsp3) is 0.150. The molecular weight excluding hydrogens is 330 g/mol. The van der Waals surface area contributed by atoms with Gasteiger partial charge in [0, 0.05) is 18.2 Å². The molecule has 0 aliphatic rings. The zero-order valence-corrected chi connectivity index (χ0v) is 14.3. The third-order valence-corrected chi connectivity index (χ3v) is 3.69. The number of aliphatic carboxylic acids is 1. The van der Waals surface area contributed by atoms with Crippen LogP contribution in [0.25, 0.3) is 11.3 Å². The van der Waals surface area contributed by atoms with Gasteiger partial charge in [-0.25, -0.2) is 9.78 Å². The van der Waals surface area contributed by atoms with Crippen molar-refractivity contribution in [1.82, 2.24) is 9.97 Å². The van der Waals surface area contributed by atoms with E-state index in [-0.39, 0.29) is 5.88 Å². The number of carbonyl (C=O) groups is 1. The Morgan fingerprint density at radius 1 is 1.08 bits per heavy atom. The molecule has 2 N–H and O–H groups in total. The lowest BCUT2D eigenvalue weighted by Crippen LogP contribution is -2.12. The molecule has 26 heavy (non-hydrogen) atoms. The molecule has 2 aromatic carbocycles. The highest BCUT2D eigenvalue weighted by atomic mass is 16.5. The third kappa shape index (κ3) is 4.80. The van der Waals surface area contributed by atoms with Crippen LogP contribution in [-0.2, 0) is 11.3 Å². The van der Waals surface area contributed by atoms with Gasteiger partial charge >= 0.3 is 5.97 Å². The molecule has 0 saturated carbocycles. The molecule has 0 fully saturated rings. The average molecular weight is 349 g/mol. The van der Waals surface area contributed by atoms with Crippen molar-refractivity contribution in [2.24, 2.45) is 0 Å². The fourth-order valence-corrected chi connectivity index (χ4v) is 2.36. The molecule has 0 atom stereocenters. The number of ether oxygens (including phenoxy) is 1. The second-order valence-electron chi connectivity index (χ2n) is 5.80. The number of aromatic nitrogens is 2.